The molecule has 0 spiro atoms. The van der Waals surface area contributed by atoms with Crippen molar-refractivity contribution in [1.29, 1.82) is 0 Å². The highest BCUT2D eigenvalue weighted by Crippen LogP contribution is 2.20. The van der Waals surface area contributed by atoms with Crippen LogP contribution in [0.4, 0.5) is 25.8 Å². The minimum Gasteiger partial charge on any atom is -0.372 e. The number of nitrogens with one attached hydrogen (secondary N) is 1. The van der Waals surface area contributed by atoms with Gasteiger partial charge in [-0.3, -0.25) is 9.59 Å². The first-order valence-electron chi connectivity index (χ1n) is 9.23. The predicted molar refractivity (Wildman–Crippen MR) is 108 cm³/mol. The van der Waals surface area contributed by atoms with Gasteiger partial charge in [0.25, 0.3) is 0 Å². The van der Waals surface area contributed by atoms with Crippen molar-refractivity contribution in [3.05, 3.63) is 54.1 Å². The third-order valence-electron chi connectivity index (χ3n) is 4.44. The standard InChI is InChI=1S/C21H25F2N3O2/c1-4-25(5-2)17-8-6-16(7-9-17)24-21(28)12-13-26(15(3)27)18-10-11-19(22)20(23)14-18/h6-11,14H,4-5,12-13H2,1-3H3,(H,24,28). The van der Waals surface area contributed by atoms with Crippen LogP contribution in [0.25, 0.3) is 0 Å². The number of hydrogen-bond donors (Lipinski definition) is 1. The molecule has 0 atom stereocenters. The highest BCUT2D eigenvalue weighted by atomic mass is 19.2. The Morgan fingerprint density at radius 2 is 1.54 bits per heavy atom. The lowest BCUT2D eigenvalue weighted by Crippen LogP contribution is -2.32. The minimum atomic E-state index is -1.04. The topological polar surface area (TPSA) is 52.7 Å². The van der Waals surface area contributed by atoms with Crippen LogP contribution in [0.3, 0.4) is 0 Å². The summed E-state index contributed by atoms with van der Waals surface area (Å²) in [4.78, 5) is 27.5. The summed E-state index contributed by atoms with van der Waals surface area (Å²) in [5.41, 5.74) is 1.94. The van der Waals surface area contributed by atoms with Gasteiger partial charge in [-0.05, 0) is 50.2 Å². The number of anilines is 3. The summed E-state index contributed by atoms with van der Waals surface area (Å²) in [6.07, 6.45) is 0.0242. The van der Waals surface area contributed by atoms with Crippen molar-refractivity contribution in [3.8, 4) is 0 Å². The van der Waals surface area contributed by atoms with Crippen molar-refractivity contribution >= 4 is 28.9 Å². The number of carbonyl (C=O) groups is 2. The molecule has 0 saturated heterocycles. The van der Waals surface area contributed by atoms with Crippen molar-refractivity contribution in [2.75, 3.05) is 34.8 Å². The molecule has 150 valence electrons. The summed E-state index contributed by atoms with van der Waals surface area (Å²) in [5.74, 6) is -2.66. The van der Waals surface area contributed by atoms with Crippen molar-refractivity contribution in [2.45, 2.75) is 27.2 Å². The van der Waals surface area contributed by atoms with E-state index in [0.717, 1.165) is 30.9 Å². The zero-order valence-corrected chi connectivity index (χ0v) is 16.3. The Hall–Kier alpha value is -2.96. The summed E-state index contributed by atoms with van der Waals surface area (Å²) in [6, 6.07) is 10.7. The van der Waals surface area contributed by atoms with Crippen LogP contribution in [-0.2, 0) is 9.59 Å². The quantitative estimate of drug-likeness (QED) is 0.736. The Labute approximate surface area is 163 Å². The third kappa shape index (κ3) is 5.52. The number of amides is 2. The van der Waals surface area contributed by atoms with Gasteiger partial charge in [-0.15, -0.1) is 0 Å². The molecule has 0 aromatic heterocycles. The summed E-state index contributed by atoms with van der Waals surface area (Å²) in [6.45, 7) is 7.31. The molecule has 0 aliphatic rings. The zero-order valence-electron chi connectivity index (χ0n) is 16.3. The fourth-order valence-electron chi connectivity index (χ4n) is 2.90. The van der Waals surface area contributed by atoms with Crippen molar-refractivity contribution < 1.29 is 18.4 Å². The average Bonchev–Trinajstić information content (AvgIpc) is 2.66. The largest absolute Gasteiger partial charge is 0.372 e. The van der Waals surface area contributed by atoms with E-state index in [2.05, 4.69) is 24.1 Å². The zero-order chi connectivity index (χ0) is 20.7. The van der Waals surface area contributed by atoms with Crippen molar-refractivity contribution in [1.82, 2.24) is 0 Å². The predicted octanol–water partition coefficient (Wildman–Crippen LogP) is 4.19. The number of halogens is 2. The number of rotatable bonds is 8. The minimum absolute atomic E-state index is 0.0242. The molecule has 7 heteroatoms. The Balaban J connectivity index is 1.97. The Morgan fingerprint density at radius 3 is 2.07 bits per heavy atom. The maximum absolute atomic E-state index is 13.4. The summed E-state index contributed by atoms with van der Waals surface area (Å²) < 4.78 is 26.5. The monoisotopic (exact) mass is 389 g/mol. The van der Waals surface area contributed by atoms with E-state index in [1.165, 1.54) is 17.9 Å². The second-order valence-corrected chi connectivity index (χ2v) is 6.29. The third-order valence-corrected chi connectivity index (χ3v) is 4.44. The van der Waals surface area contributed by atoms with Crippen LogP contribution in [0.5, 0.6) is 0 Å². The number of nitrogens with zero attached hydrogens (tertiary/aromatic N) is 2. The van der Waals surface area contributed by atoms with E-state index >= 15 is 0 Å². The van der Waals surface area contributed by atoms with Gasteiger partial charge in [-0.1, -0.05) is 0 Å². The molecule has 0 aliphatic carbocycles. The molecule has 2 aromatic carbocycles. The van der Waals surface area contributed by atoms with Crippen LogP contribution in [0.1, 0.15) is 27.2 Å². The van der Waals surface area contributed by atoms with E-state index < -0.39 is 11.6 Å². The van der Waals surface area contributed by atoms with Crippen LogP contribution < -0.4 is 15.1 Å². The normalized spacial score (nSPS) is 10.5. The Kier molecular flexibility index (Phi) is 7.49. The van der Waals surface area contributed by atoms with E-state index in [9.17, 15) is 18.4 Å². The summed E-state index contributed by atoms with van der Waals surface area (Å²) in [5, 5.41) is 2.78. The average molecular weight is 389 g/mol. The molecule has 1 N–H and O–H groups in total. The van der Waals surface area contributed by atoms with E-state index in [0.29, 0.717) is 5.69 Å². The molecule has 28 heavy (non-hydrogen) atoms. The maximum atomic E-state index is 13.4. The SMILES string of the molecule is CCN(CC)c1ccc(NC(=O)CCN(C(C)=O)c2ccc(F)c(F)c2)cc1. The first-order chi connectivity index (χ1) is 13.3. The van der Waals surface area contributed by atoms with Gasteiger partial charge in [0.15, 0.2) is 11.6 Å². The van der Waals surface area contributed by atoms with E-state index in [1.807, 2.05) is 24.3 Å². The van der Waals surface area contributed by atoms with Crippen LogP contribution in [-0.4, -0.2) is 31.4 Å². The molecule has 2 aromatic rings. The second-order valence-electron chi connectivity index (χ2n) is 6.29. The van der Waals surface area contributed by atoms with Gasteiger partial charge in [0.05, 0.1) is 0 Å². The number of hydrogen-bond acceptors (Lipinski definition) is 3. The van der Waals surface area contributed by atoms with Crippen LogP contribution in [0, 0.1) is 11.6 Å². The maximum Gasteiger partial charge on any atom is 0.226 e. The lowest BCUT2D eigenvalue weighted by Gasteiger charge is -2.22. The Bertz CT molecular complexity index is 821. The van der Waals surface area contributed by atoms with Crippen LogP contribution in [0.15, 0.2) is 42.5 Å². The molecule has 2 amide bonds. The van der Waals surface area contributed by atoms with Gasteiger partial charge in [-0.25, -0.2) is 8.78 Å². The highest BCUT2D eigenvalue weighted by Gasteiger charge is 2.15. The van der Waals surface area contributed by atoms with Crippen LogP contribution in [0.2, 0.25) is 0 Å². The van der Waals surface area contributed by atoms with E-state index in [1.54, 1.807) is 0 Å². The molecular weight excluding hydrogens is 364 g/mol. The molecule has 0 heterocycles. The van der Waals surface area contributed by atoms with E-state index in [4.69, 9.17) is 0 Å². The van der Waals surface area contributed by atoms with Gasteiger partial charge in [-0.2, -0.15) is 0 Å². The van der Waals surface area contributed by atoms with Gasteiger partial charge in [0.1, 0.15) is 0 Å². The molecule has 0 radical (unpaired) electrons. The molecule has 0 unspecified atom stereocenters. The molecular formula is C21H25F2N3O2. The molecule has 0 saturated carbocycles. The van der Waals surface area contributed by atoms with Gasteiger partial charge in [0, 0.05) is 56.1 Å². The first-order valence-corrected chi connectivity index (χ1v) is 9.23. The lowest BCUT2D eigenvalue weighted by atomic mass is 10.2. The fourth-order valence-corrected chi connectivity index (χ4v) is 2.90. The van der Waals surface area contributed by atoms with E-state index in [-0.39, 0.29) is 30.5 Å². The van der Waals surface area contributed by atoms with Crippen molar-refractivity contribution in [3.63, 3.8) is 0 Å². The highest BCUT2D eigenvalue weighted by molar-refractivity contribution is 5.94. The van der Waals surface area contributed by atoms with Crippen LogP contribution >= 0.6 is 0 Å². The molecule has 5 nitrogen and oxygen atoms in total. The smallest absolute Gasteiger partial charge is 0.226 e. The fraction of sp³-hybridized carbons (Fsp3) is 0.333. The summed E-state index contributed by atoms with van der Waals surface area (Å²) in [7, 11) is 0. The summed E-state index contributed by atoms with van der Waals surface area (Å²) >= 11 is 0. The molecule has 0 aliphatic heterocycles. The van der Waals surface area contributed by atoms with Gasteiger partial charge in [0.2, 0.25) is 11.8 Å². The second kappa shape index (κ2) is 9.82. The number of carbonyl (C=O) groups excluding carboxylic acids is 2. The van der Waals surface area contributed by atoms with Gasteiger partial charge >= 0.3 is 0 Å². The molecule has 2 rings (SSSR count). The molecule has 0 bridgehead atoms. The molecule has 0 fully saturated rings. The van der Waals surface area contributed by atoms with Crippen molar-refractivity contribution in [2.24, 2.45) is 0 Å². The number of benzene rings is 2. The Morgan fingerprint density at radius 1 is 0.929 bits per heavy atom. The van der Waals surface area contributed by atoms with Gasteiger partial charge < -0.3 is 15.1 Å². The first kappa shape index (κ1) is 21.3. The lowest BCUT2D eigenvalue weighted by molar-refractivity contribution is -0.117.